The summed E-state index contributed by atoms with van der Waals surface area (Å²) in [5, 5.41) is 10.9. The molecule has 0 aromatic carbocycles. The predicted molar refractivity (Wildman–Crippen MR) is 63.2 cm³/mol. The number of rotatable bonds is 7. The van der Waals surface area contributed by atoms with Gasteiger partial charge in [0, 0.05) is 6.61 Å². The highest BCUT2D eigenvalue weighted by molar-refractivity contribution is 5.48. The van der Waals surface area contributed by atoms with Crippen molar-refractivity contribution in [2.75, 3.05) is 25.2 Å². The Morgan fingerprint density at radius 3 is 2.72 bits per heavy atom. The Balaban J connectivity index is 2.91. The number of nitrogens with two attached hydrogens (primary N) is 1. The number of hydrazine groups is 1. The summed E-state index contributed by atoms with van der Waals surface area (Å²) in [6.07, 6.45) is 0. The first-order chi connectivity index (χ1) is 8.60. The number of aryl methyl sites for hydroxylation is 1. The fraction of sp³-hybridized carbons (Fsp3) is 0.556. The van der Waals surface area contributed by atoms with Crippen LogP contribution in [0.1, 0.15) is 12.6 Å². The summed E-state index contributed by atoms with van der Waals surface area (Å²) in [5.74, 6) is 5.10. The number of nitro groups is 1. The number of aromatic nitrogens is 2. The molecule has 1 aromatic heterocycles. The lowest BCUT2D eigenvalue weighted by molar-refractivity contribution is -0.387. The van der Waals surface area contributed by atoms with Crippen LogP contribution < -0.4 is 16.0 Å². The van der Waals surface area contributed by atoms with Crippen molar-refractivity contribution in [3.63, 3.8) is 0 Å². The lowest BCUT2D eigenvalue weighted by Crippen LogP contribution is -2.15. The van der Waals surface area contributed by atoms with E-state index in [4.69, 9.17) is 15.3 Å². The third-order valence-electron chi connectivity index (χ3n) is 2.01. The molecule has 100 valence electrons. The average molecular weight is 257 g/mol. The molecule has 0 aliphatic carbocycles. The van der Waals surface area contributed by atoms with Crippen molar-refractivity contribution in [1.29, 1.82) is 0 Å². The van der Waals surface area contributed by atoms with Crippen LogP contribution in [-0.2, 0) is 4.74 Å². The first-order valence-corrected chi connectivity index (χ1v) is 5.30. The highest BCUT2D eigenvalue weighted by Gasteiger charge is 2.23. The highest BCUT2D eigenvalue weighted by atomic mass is 16.6. The molecule has 0 aliphatic heterocycles. The highest BCUT2D eigenvalue weighted by Crippen LogP contribution is 2.28. The molecule has 0 radical (unpaired) electrons. The summed E-state index contributed by atoms with van der Waals surface area (Å²) < 4.78 is 10.3. The van der Waals surface area contributed by atoms with Gasteiger partial charge in [0.25, 0.3) is 5.88 Å². The van der Waals surface area contributed by atoms with Crippen molar-refractivity contribution < 1.29 is 14.4 Å². The Kier molecular flexibility index (Phi) is 5.21. The van der Waals surface area contributed by atoms with Gasteiger partial charge in [0.2, 0.25) is 5.95 Å². The van der Waals surface area contributed by atoms with Crippen molar-refractivity contribution in [2.24, 2.45) is 5.84 Å². The van der Waals surface area contributed by atoms with Crippen LogP contribution in [0.15, 0.2) is 0 Å². The van der Waals surface area contributed by atoms with Gasteiger partial charge < -0.3 is 9.47 Å². The molecule has 1 heterocycles. The van der Waals surface area contributed by atoms with Crippen LogP contribution in [-0.4, -0.2) is 34.7 Å². The van der Waals surface area contributed by atoms with Crippen molar-refractivity contribution >= 4 is 11.6 Å². The monoisotopic (exact) mass is 257 g/mol. The van der Waals surface area contributed by atoms with Crippen molar-refractivity contribution in [3.8, 4) is 5.88 Å². The molecule has 0 saturated carbocycles. The van der Waals surface area contributed by atoms with Gasteiger partial charge in [0.05, 0.1) is 11.5 Å². The van der Waals surface area contributed by atoms with Gasteiger partial charge in [-0.2, -0.15) is 4.98 Å². The number of ether oxygens (including phenoxy) is 2. The second kappa shape index (κ2) is 6.67. The summed E-state index contributed by atoms with van der Waals surface area (Å²) in [6, 6.07) is 0. The molecule has 0 aliphatic rings. The molecule has 9 nitrogen and oxygen atoms in total. The minimum atomic E-state index is -0.592. The van der Waals surface area contributed by atoms with Crippen LogP contribution in [0, 0.1) is 17.0 Å². The van der Waals surface area contributed by atoms with Gasteiger partial charge in [-0.25, -0.2) is 10.8 Å². The van der Waals surface area contributed by atoms with Crippen LogP contribution in [0.3, 0.4) is 0 Å². The van der Waals surface area contributed by atoms with Crippen LogP contribution in [0.5, 0.6) is 5.88 Å². The average Bonchev–Trinajstić information content (AvgIpc) is 2.33. The molecule has 0 bridgehead atoms. The van der Waals surface area contributed by atoms with Gasteiger partial charge in [-0.1, -0.05) is 0 Å². The van der Waals surface area contributed by atoms with E-state index in [0.29, 0.717) is 13.2 Å². The van der Waals surface area contributed by atoms with Crippen LogP contribution in [0.25, 0.3) is 0 Å². The van der Waals surface area contributed by atoms with E-state index in [1.54, 1.807) is 0 Å². The molecule has 1 rings (SSSR count). The first kappa shape index (κ1) is 14.1. The van der Waals surface area contributed by atoms with Crippen molar-refractivity contribution in [3.05, 3.63) is 15.8 Å². The molecule has 0 atom stereocenters. The number of nitrogen functional groups attached to an aromatic ring is 1. The largest absolute Gasteiger partial charge is 0.470 e. The van der Waals surface area contributed by atoms with E-state index in [2.05, 4.69) is 15.4 Å². The van der Waals surface area contributed by atoms with E-state index < -0.39 is 4.92 Å². The summed E-state index contributed by atoms with van der Waals surface area (Å²) in [7, 11) is 0. The van der Waals surface area contributed by atoms with E-state index in [9.17, 15) is 10.1 Å². The molecule has 0 fully saturated rings. The van der Waals surface area contributed by atoms with Gasteiger partial charge in [-0.05, 0) is 13.8 Å². The second-order valence-electron chi connectivity index (χ2n) is 3.23. The van der Waals surface area contributed by atoms with E-state index >= 15 is 0 Å². The minimum Gasteiger partial charge on any atom is -0.470 e. The van der Waals surface area contributed by atoms with Gasteiger partial charge >= 0.3 is 5.69 Å². The summed E-state index contributed by atoms with van der Waals surface area (Å²) in [4.78, 5) is 17.9. The predicted octanol–water partition coefficient (Wildman–Crippen LogP) is 0.394. The van der Waals surface area contributed by atoms with Gasteiger partial charge in [-0.3, -0.25) is 15.5 Å². The van der Waals surface area contributed by atoms with Gasteiger partial charge in [-0.15, -0.1) is 0 Å². The zero-order valence-electron chi connectivity index (χ0n) is 10.2. The summed E-state index contributed by atoms with van der Waals surface area (Å²) >= 11 is 0. The zero-order chi connectivity index (χ0) is 13.5. The molecular weight excluding hydrogens is 242 g/mol. The topological polar surface area (TPSA) is 125 Å². The fourth-order valence-corrected chi connectivity index (χ4v) is 1.26. The zero-order valence-corrected chi connectivity index (χ0v) is 10.2. The SMILES string of the molecule is CCOCCOc1nc(NN)nc(C)c1[N+](=O)[O-]. The maximum Gasteiger partial charge on any atom is 0.352 e. The molecular formula is C9H15N5O4. The molecule has 18 heavy (non-hydrogen) atoms. The third kappa shape index (κ3) is 3.50. The van der Waals surface area contributed by atoms with E-state index in [1.807, 2.05) is 6.92 Å². The van der Waals surface area contributed by atoms with Crippen LogP contribution in [0.2, 0.25) is 0 Å². The molecule has 9 heteroatoms. The Hall–Kier alpha value is -2.00. The van der Waals surface area contributed by atoms with E-state index in [-0.39, 0.29) is 29.8 Å². The number of nitrogens with one attached hydrogen (secondary N) is 1. The lowest BCUT2D eigenvalue weighted by Gasteiger charge is -2.08. The smallest absolute Gasteiger partial charge is 0.352 e. The molecule has 0 saturated heterocycles. The maximum absolute atomic E-state index is 10.9. The van der Waals surface area contributed by atoms with Gasteiger partial charge in [0.1, 0.15) is 12.3 Å². The second-order valence-corrected chi connectivity index (χ2v) is 3.23. The van der Waals surface area contributed by atoms with Gasteiger partial charge in [0.15, 0.2) is 0 Å². The number of hydrogen-bond donors (Lipinski definition) is 2. The Bertz CT molecular complexity index is 426. The normalized spacial score (nSPS) is 10.2. The minimum absolute atomic E-state index is 0.0597. The number of hydrogen-bond acceptors (Lipinski definition) is 8. The Labute approximate surface area is 103 Å². The van der Waals surface area contributed by atoms with E-state index in [0.717, 1.165) is 0 Å². The lowest BCUT2D eigenvalue weighted by atomic mass is 10.3. The quantitative estimate of drug-likeness (QED) is 0.311. The summed E-state index contributed by atoms with van der Waals surface area (Å²) in [5.41, 5.74) is 2.12. The molecule has 1 aromatic rings. The molecule has 0 amide bonds. The molecule has 0 spiro atoms. The Morgan fingerprint density at radius 1 is 1.44 bits per heavy atom. The first-order valence-electron chi connectivity index (χ1n) is 5.30. The molecule has 0 unspecified atom stereocenters. The van der Waals surface area contributed by atoms with Crippen molar-refractivity contribution in [1.82, 2.24) is 9.97 Å². The molecule has 3 N–H and O–H groups in total. The fourth-order valence-electron chi connectivity index (χ4n) is 1.26. The number of nitrogens with zero attached hydrogens (tertiary/aromatic N) is 3. The number of anilines is 1. The maximum atomic E-state index is 10.9. The van der Waals surface area contributed by atoms with Crippen LogP contribution in [0.4, 0.5) is 11.6 Å². The van der Waals surface area contributed by atoms with Crippen LogP contribution >= 0.6 is 0 Å². The Morgan fingerprint density at radius 2 is 2.17 bits per heavy atom. The summed E-state index contributed by atoms with van der Waals surface area (Å²) in [6.45, 7) is 4.35. The van der Waals surface area contributed by atoms with Crippen molar-refractivity contribution in [2.45, 2.75) is 13.8 Å². The third-order valence-corrected chi connectivity index (χ3v) is 2.01. The van der Waals surface area contributed by atoms with E-state index in [1.165, 1.54) is 6.92 Å². The standard InChI is InChI=1S/C9H15N5O4/c1-3-17-4-5-18-8-7(14(15)16)6(2)11-9(12-8)13-10/h3-5,10H2,1-2H3,(H,11,12,13).